The first kappa shape index (κ1) is 27.4. The highest BCUT2D eigenvalue weighted by Gasteiger charge is 2.60. The number of carbonyl (C=O) groups excluding carboxylic acids is 1. The summed E-state index contributed by atoms with van der Waals surface area (Å²) in [6.45, 7) is 3.12. The van der Waals surface area contributed by atoms with Crippen molar-refractivity contribution in [2.24, 2.45) is 0 Å². The van der Waals surface area contributed by atoms with Gasteiger partial charge in [0.2, 0.25) is 5.91 Å². The van der Waals surface area contributed by atoms with E-state index in [-0.39, 0.29) is 25.1 Å². The van der Waals surface area contributed by atoms with Crippen LogP contribution in [-0.2, 0) is 27.8 Å². The monoisotopic (exact) mass is 553 g/mol. The zero-order valence-electron chi connectivity index (χ0n) is 20.2. The number of amides is 1. The van der Waals surface area contributed by atoms with Gasteiger partial charge in [-0.05, 0) is 69.2 Å². The number of nitrogens with zero attached hydrogens (tertiary/aromatic N) is 4. The van der Waals surface area contributed by atoms with Crippen molar-refractivity contribution >= 4 is 16.2 Å². The molecule has 202 valence electrons. The van der Waals surface area contributed by atoms with E-state index in [1.807, 2.05) is 0 Å². The summed E-state index contributed by atoms with van der Waals surface area (Å²) in [7, 11) is -4.43. The molecule has 1 aliphatic rings. The van der Waals surface area contributed by atoms with Crippen LogP contribution in [0.2, 0.25) is 0 Å². The normalized spacial score (nSPS) is 14.9. The van der Waals surface area contributed by atoms with E-state index in [1.54, 1.807) is 13.8 Å². The first-order valence-corrected chi connectivity index (χ1v) is 12.8. The summed E-state index contributed by atoms with van der Waals surface area (Å²) in [5.74, 6) is -1.22. The molecule has 1 aliphatic carbocycles. The minimum absolute atomic E-state index is 0.0883. The van der Waals surface area contributed by atoms with Crippen LogP contribution < -0.4 is 9.50 Å². The third kappa shape index (κ3) is 5.91. The third-order valence-corrected chi connectivity index (χ3v) is 7.45. The fourth-order valence-electron chi connectivity index (χ4n) is 3.98. The maximum Gasteiger partial charge on any atom is 0.433 e. The molecule has 38 heavy (non-hydrogen) atoms. The summed E-state index contributed by atoms with van der Waals surface area (Å²) in [5, 5.41) is 2.68. The maximum atomic E-state index is 13.2. The van der Waals surface area contributed by atoms with E-state index < -0.39 is 45.5 Å². The van der Waals surface area contributed by atoms with Gasteiger partial charge >= 0.3 is 16.5 Å². The molecule has 2 aromatic heterocycles. The lowest BCUT2D eigenvalue weighted by Crippen LogP contribution is -2.55. The van der Waals surface area contributed by atoms with Gasteiger partial charge in [-0.3, -0.25) is 9.78 Å². The number of rotatable bonds is 9. The molecule has 4 rings (SSSR count). The van der Waals surface area contributed by atoms with Gasteiger partial charge in [-0.1, -0.05) is 0 Å². The fraction of sp³-hybridized carbons (Fsp3) is 0.333. The molecule has 3 aromatic rings. The molecule has 0 atom stereocenters. The second-order valence-corrected chi connectivity index (χ2v) is 10.3. The average molecular weight is 554 g/mol. The van der Waals surface area contributed by atoms with Crippen molar-refractivity contribution in [2.45, 2.75) is 51.0 Å². The lowest BCUT2D eigenvalue weighted by molar-refractivity contribution is -0.141. The summed E-state index contributed by atoms with van der Waals surface area (Å²) in [4.78, 5) is 24.7. The SMILES string of the molecule is CC(C)N(C1(C(=O)NCc2cc(-c3ccc(C(F)(F)F)nc3)ncn2)CC1)S(=O)(=O)Oc1ccc(F)cc1. The lowest BCUT2D eigenvalue weighted by Gasteiger charge is -2.32. The van der Waals surface area contributed by atoms with Crippen molar-refractivity contribution in [2.75, 3.05) is 0 Å². The predicted octanol–water partition coefficient (Wildman–Crippen LogP) is 3.88. The standard InChI is InChI=1S/C24H23F4N5O4S/c1-15(2)33(38(35,36)37-19-6-4-17(25)5-7-19)23(9-10-23)22(34)30-13-18-11-20(32-14-31-18)16-3-8-21(29-12-16)24(26,27)28/h3-8,11-12,14-15H,9-10,13H2,1-2H3,(H,30,34). The van der Waals surface area contributed by atoms with E-state index in [1.165, 1.54) is 30.6 Å². The summed E-state index contributed by atoms with van der Waals surface area (Å²) in [6, 6.07) is 7.37. The van der Waals surface area contributed by atoms with Crippen LogP contribution in [0.1, 0.15) is 38.1 Å². The average Bonchev–Trinajstić information content (AvgIpc) is 3.64. The number of alkyl halides is 3. The molecule has 0 unspecified atom stereocenters. The highest BCUT2D eigenvalue weighted by Crippen LogP contribution is 2.45. The van der Waals surface area contributed by atoms with Crippen LogP contribution >= 0.6 is 0 Å². The largest absolute Gasteiger partial charge is 0.433 e. The van der Waals surface area contributed by atoms with Crippen LogP contribution in [-0.4, -0.2) is 45.2 Å². The number of benzene rings is 1. The molecule has 0 bridgehead atoms. The van der Waals surface area contributed by atoms with Gasteiger partial charge in [-0.25, -0.2) is 14.4 Å². The van der Waals surface area contributed by atoms with Crippen molar-refractivity contribution in [3.63, 3.8) is 0 Å². The van der Waals surface area contributed by atoms with Crippen LogP contribution in [0.4, 0.5) is 17.6 Å². The molecule has 0 aliphatic heterocycles. The Labute approximate surface area is 216 Å². The second-order valence-electron chi connectivity index (χ2n) is 8.92. The summed E-state index contributed by atoms with van der Waals surface area (Å²) < 4.78 is 83.9. The van der Waals surface area contributed by atoms with E-state index in [9.17, 15) is 30.8 Å². The first-order chi connectivity index (χ1) is 17.8. The van der Waals surface area contributed by atoms with Gasteiger partial charge in [0, 0.05) is 17.8 Å². The van der Waals surface area contributed by atoms with E-state index in [0.29, 0.717) is 17.0 Å². The van der Waals surface area contributed by atoms with Crippen LogP contribution in [0.15, 0.2) is 55.0 Å². The Morgan fingerprint density at radius 2 is 1.79 bits per heavy atom. The lowest BCUT2D eigenvalue weighted by atomic mass is 10.1. The molecule has 1 saturated carbocycles. The smallest absolute Gasteiger partial charge is 0.371 e. The molecule has 9 nitrogen and oxygen atoms in total. The molecule has 1 aromatic carbocycles. The van der Waals surface area contributed by atoms with E-state index >= 15 is 0 Å². The van der Waals surface area contributed by atoms with Crippen LogP contribution in [0.5, 0.6) is 5.75 Å². The predicted molar refractivity (Wildman–Crippen MR) is 127 cm³/mol. The molecule has 14 heteroatoms. The number of halogens is 4. The second kappa shape index (κ2) is 10.3. The number of carbonyl (C=O) groups is 1. The van der Waals surface area contributed by atoms with Gasteiger partial charge in [-0.15, -0.1) is 0 Å². The first-order valence-electron chi connectivity index (χ1n) is 11.4. The number of hydrogen-bond acceptors (Lipinski definition) is 7. The van der Waals surface area contributed by atoms with Gasteiger partial charge in [0.25, 0.3) is 0 Å². The van der Waals surface area contributed by atoms with Gasteiger partial charge in [0.1, 0.15) is 29.1 Å². The number of hydrogen-bond donors (Lipinski definition) is 1. The molecule has 2 heterocycles. The van der Waals surface area contributed by atoms with Gasteiger partial charge in [0.05, 0.1) is 17.9 Å². The van der Waals surface area contributed by atoms with Crippen LogP contribution in [0, 0.1) is 5.82 Å². The molecule has 0 saturated heterocycles. The molecular formula is C24H23F4N5O4S. The van der Waals surface area contributed by atoms with E-state index in [4.69, 9.17) is 4.18 Å². The van der Waals surface area contributed by atoms with Crippen LogP contribution in [0.3, 0.4) is 0 Å². The van der Waals surface area contributed by atoms with E-state index in [2.05, 4.69) is 20.3 Å². The van der Waals surface area contributed by atoms with Crippen molar-refractivity contribution in [1.29, 1.82) is 0 Å². The molecule has 1 fully saturated rings. The molecule has 0 radical (unpaired) electrons. The molecular weight excluding hydrogens is 530 g/mol. The van der Waals surface area contributed by atoms with Crippen molar-refractivity contribution in [1.82, 2.24) is 24.6 Å². The minimum Gasteiger partial charge on any atom is -0.371 e. The Kier molecular flexibility index (Phi) is 7.39. The quantitative estimate of drug-likeness (QED) is 0.400. The maximum absolute atomic E-state index is 13.2. The molecule has 1 N–H and O–H groups in total. The summed E-state index contributed by atoms with van der Waals surface area (Å²) in [5.41, 5.74) is -1.45. The zero-order chi connectivity index (χ0) is 27.7. The molecule has 0 spiro atoms. The van der Waals surface area contributed by atoms with Gasteiger partial charge in [-0.2, -0.15) is 25.9 Å². The Hall–Kier alpha value is -3.65. The zero-order valence-corrected chi connectivity index (χ0v) is 21.1. The van der Waals surface area contributed by atoms with Crippen molar-refractivity contribution in [3.05, 3.63) is 72.2 Å². The number of aromatic nitrogens is 3. The Bertz CT molecular complexity index is 1410. The van der Waals surface area contributed by atoms with Crippen molar-refractivity contribution < 1.29 is 35.0 Å². The minimum atomic E-state index is -4.57. The Morgan fingerprint density at radius 1 is 1.11 bits per heavy atom. The van der Waals surface area contributed by atoms with Crippen LogP contribution in [0.25, 0.3) is 11.3 Å². The fourth-order valence-corrected chi connectivity index (χ4v) is 5.63. The Morgan fingerprint density at radius 3 is 2.34 bits per heavy atom. The summed E-state index contributed by atoms with van der Waals surface area (Å²) in [6.07, 6.45) is -1.81. The summed E-state index contributed by atoms with van der Waals surface area (Å²) >= 11 is 0. The van der Waals surface area contributed by atoms with Crippen molar-refractivity contribution in [3.8, 4) is 17.0 Å². The van der Waals surface area contributed by atoms with Gasteiger partial charge in [0.15, 0.2) is 0 Å². The highest BCUT2D eigenvalue weighted by molar-refractivity contribution is 7.84. The third-order valence-electron chi connectivity index (χ3n) is 5.80. The molecule has 1 amide bonds. The topological polar surface area (TPSA) is 114 Å². The number of pyridine rings is 1. The number of nitrogens with one attached hydrogen (secondary N) is 1. The Balaban J connectivity index is 1.47. The highest BCUT2D eigenvalue weighted by atomic mass is 32.2. The van der Waals surface area contributed by atoms with Gasteiger partial charge < -0.3 is 9.50 Å². The van der Waals surface area contributed by atoms with E-state index in [0.717, 1.165) is 28.7 Å².